The zero-order valence-electron chi connectivity index (χ0n) is 10.9. The van der Waals surface area contributed by atoms with Crippen molar-refractivity contribution >= 4 is 16.1 Å². The highest BCUT2D eigenvalue weighted by atomic mass is 32.2. The first-order chi connectivity index (χ1) is 8.99. The van der Waals surface area contributed by atoms with Gasteiger partial charge < -0.3 is 5.11 Å². The van der Waals surface area contributed by atoms with E-state index < -0.39 is 16.1 Å². The molecule has 0 heterocycles. The molecule has 1 aliphatic carbocycles. The minimum absolute atomic E-state index is 0.159. The molecule has 0 aromatic heterocycles. The van der Waals surface area contributed by atoms with Crippen molar-refractivity contribution in [2.75, 3.05) is 13.6 Å². The first-order valence-electron chi connectivity index (χ1n) is 6.36. The van der Waals surface area contributed by atoms with Gasteiger partial charge in [-0.25, -0.2) is 8.42 Å². The van der Waals surface area contributed by atoms with Crippen molar-refractivity contribution in [1.29, 1.82) is 0 Å². The Morgan fingerprint density at radius 1 is 1.37 bits per heavy atom. The van der Waals surface area contributed by atoms with E-state index in [2.05, 4.69) is 0 Å². The fourth-order valence-corrected chi connectivity index (χ4v) is 2.73. The van der Waals surface area contributed by atoms with Crippen LogP contribution in [0.15, 0.2) is 35.7 Å². The SMILES string of the molecule is CN(CC(O)C1CC1)S(=O)(=O)/C=C/c1ccccc1. The Morgan fingerprint density at radius 2 is 2.00 bits per heavy atom. The van der Waals surface area contributed by atoms with Gasteiger partial charge in [-0.2, -0.15) is 4.31 Å². The van der Waals surface area contributed by atoms with E-state index in [-0.39, 0.29) is 12.5 Å². The van der Waals surface area contributed by atoms with Crippen LogP contribution in [0, 0.1) is 5.92 Å². The van der Waals surface area contributed by atoms with Crippen molar-refractivity contribution in [3.05, 3.63) is 41.3 Å². The molecule has 1 fully saturated rings. The number of hydrogen-bond donors (Lipinski definition) is 1. The number of sulfonamides is 1. The molecule has 19 heavy (non-hydrogen) atoms. The molecule has 1 unspecified atom stereocenters. The molecule has 1 N–H and O–H groups in total. The highest BCUT2D eigenvalue weighted by Crippen LogP contribution is 2.33. The van der Waals surface area contributed by atoms with Gasteiger partial charge in [-0.15, -0.1) is 0 Å². The molecule has 0 aliphatic heterocycles. The van der Waals surface area contributed by atoms with Gasteiger partial charge in [0.2, 0.25) is 10.0 Å². The fourth-order valence-electron chi connectivity index (χ4n) is 1.83. The number of hydrogen-bond acceptors (Lipinski definition) is 3. The lowest BCUT2D eigenvalue weighted by molar-refractivity contribution is 0.131. The summed E-state index contributed by atoms with van der Waals surface area (Å²) < 4.78 is 25.2. The van der Waals surface area contributed by atoms with Crippen LogP contribution >= 0.6 is 0 Å². The molecule has 104 valence electrons. The third kappa shape index (κ3) is 4.16. The summed E-state index contributed by atoms with van der Waals surface area (Å²) in [7, 11) is -1.97. The van der Waals surface area contributed by atoms with E-state index in [9.17, 15) is 13.5 Å². The second-order valence-electron chi connectivity index (χ2n) is 4.94. The molecule has 2 rings (SSSR count). The first kappa shape index (κ1) is 14.2. The van der Waals surface area contributed by atoms with E-state index >= 15 is 0 Å². The standard InChI is InChI=1S/C14H19NO3S/c1-15(11-14(16)13-7-8-13)19(17,18)10-9-12-5-3-2-4-6-12/h2-6,9-10,13-14,16H,7-8,11H2,1H3/b10-9+. The van der Waals surface area contributed by atoms with Gasteiger partial charge in [-0.1, -0.05) is 30.3 Å². The van der Waals surface area contributed by atoms with E-state index in [0.717, 1.165) is 18.4 Å². The molecule has 0 bridgehead atoms. The highest BCUT2D eigenvalue weighted by Gasteiger charge is 2.32. The van der Waals surface area contributed by atoms with Crippen molar-refractivity contribution in [2.45, 2.75) is 18.9 Å². The molecule has 4 nitrogen and oxygen atoms in total. The van der Waals surface area contributed by atoms with Gasteiger partial charge in [0.1, 0.15) is 0 Å². The molecule has 1 saturated carbocycles. The molecule has 1 aromatic rings. The van der Waals surface area contributed by atoms with Crippen LogP contribution in [0.1, 0.15) is 18.4 Å². The van der Waals surface area contributed by atoms with Crippen LogP contribution in [-0.4, -0.2) is 37.5 Å². The minimum Gasteiger partial charge on any atom is -0.391 e. The smallest absolute Gasteiger partial charge is 0.236 e. The maximum absolute atomic E-state index is 12.0. The average molecular weight is 281 g/mol. The quantitative estimate of drug-likeness (QED) is 0.863. The predicted octanol–water partition coefficient (Wildman–Crippen LogP) is 1.69. The van der Waals surface area contributed by atoms with Gasteiger partial charge in [0, 0.05) is 19.0 Å². The summed E-state index contributed by atoms with van der Waals surface area (Å²) in [6.45, 7) is 0.159. The Morgan fingerprint density at radius 3 is 2.58 bits per heavy atom. The van der Waals surface area contributed by atoms with Crippen molar-refractivity contribution in [1.82, 2.24) is 4.31 Å². The van der Waals surface area contributed by atoms with Crippen molar-refractivity contribution in [3.63, 3.8) is 0 Å². The molecule has 0 amide bonds. The number of nitrogens with zero attached hydrogens (tertiary/aromatic N) is 1. The Labute approximate surface area is 114 Å². The summed E-state index contributed by atoms with van der Waals surface area (Å²) in [4.78, 5) is 0. The Bertz CT molecular complexity index is 535. The minimum atomic E-state index is -3.47. The van der Waals surface area contributed by atoms with Crippen LogP contribution in [0.3, 0.4) is 0 Å². The maximum atomic E-state index is 12.0. The fraction of sp³-hybridized carbons (Fsp3) is 0.429. The number of likely N-dealkylation sites (N-methyl/N-ethyl adjacent to an activating group) is 1. The molecule has 0 saturated heterocycles. The average Bonchev–Trinajstić information content (AvgIpc) is 3.22. The Balaban J connectivity index is 1.98. The van der Waals surface area contributed by atoms with Crippen molar-refractivity contribution in [3.8, 4) is 0 Å². The van der Waals surface area contributed by atoms with Gasteiger partial charge in [0.05, 0.1) is 6.10 Å². The second kappa shape index (κ2) is 5.86. The van der Waals surface area contributed by atoms with Gasteiger partial charge in [0.15, 0.2) is 0 Å². The topological polar surface area (TPSA) is 57.6 Å². The summed E-state index contributed by atoms with van der Waals surface area (Å²) in [5.74, 6) is 0.274. The largest absolute Gasteiger partial charge is 0.391 e. The van der Waals surface area contributed by atoms with E-state index in [4.69, 9.17) is 0 Å². The predicted molar refractivity (Wildman–Crippen MR) is 75.8 cm³/mol. The highest BCUT2D eigenvalue weighted by molar-refractivity contribution is 7.92. The van der Waals surface area contributed by atoms with E-state index in [1.165, 1.54) is 16.8 Å². The van der Waals surface area contributed by atoms with Crippen LogP contribution in [0.5, 0.6) is 0 Å². The number of aliphatic hydroxyl groups excluding tert-OH is 1. The summed E-state index contributed by atoms with van der Waals surface area (Å²) >= 11 is 0. The number of aliphatic hydroxyl groups is 1. The molecule has 0 radical (unpaired) electrons. The molecule has 5 heteroatoms. The molecule has 1 atom stereocenters. The van der Waals surface area contributed by atoms with Gasteiger partial charge in [0.25, 0.3) is 0 Å². The van der Waals surface area contributed by atoms with Gasteiger partial charge >= 0.3 is 0 Å². The Hall–Kier alpha value is -1.17. The number of benzene rings is 1. The van der Waals surface area contributed by atoms with Crippen LogP contribution in [0.2, 0.25) is 0 Å². The molecule has 1 aromatic carbocycles. The molecule has 1 aliphatic rings. The summed E-state index contributed by atoms with van der Waals surface area (Å²) in [6, 6.07) is 9.26. The summed E-state index contributed by atoms with van der Waals surface area (Å²) in [5.41, 5.74) is 0.835. The lowest BCUT2D eigenvalue weighted by atomic mass is 10.2. The molecule has 0 spiro atoms. The summed E-state index contributed by atoms with van der Waals surface area (Å²) in [5, 5.41) is 11.0. The summed E-state index contributed by atoms with van der Waals surface area (Å²) in [6.07, 6.45) is 3.00. The van der Waals surface area contributed by atoms with Gasteiger partial charge in [-0.05, 0) is 30.4 Å². The monoisotopic (exact) mass is 281 g/mol. The second-order valence-corrected chi connectivity index (χ2v) is 6.87. The lowest BCUT2D eigenvalue weighted by Gasteiger charge is -2.18. The zero-order valence-corrected chi connectivity index (χ0v) is 11.8. The van der Waals surface area contributed by atoms with E-state index in [1.54, 1.807) is 6.08 Å². The van der Waals surface area contributed by atoms with Crippen molar-refractivity contribution < 1.29 is 13.5 Å². The third-order valence-corrected chi connectivity index (χ3v) is 4.77. The van der Waals surface area contributed by atoms with Crippen LogP contribution in [-0.2, 0) is 10.0 Å². The van der Waals surface area contributed by atoms with E-state index in [0.29, 0.717) is 0 Å². The van der Waals surface area contributed by atoms with Crippen LogP contribution in [0.4, 0.5) is 0 Å². The molecular formula is C14H19NO3S. The van der Waals surface area contributed by atoms with Crippen LogP contribution < -0.4 is 0 Å². The normalized spacial score (nSPS) is 18.1. The van der Waals surface area contributed by atoms with E-state index in [1.807, 2.05) is 30.3 Å². The van der Waals surface area contributed by atoms with Gasteiger partial charge in [-0.3, -0.25) is 0 Å². The lowest BCUT2D eigenvalue weighted by Crippen LogP contribution is -2.34. The molecular weight excluding hydrogens is 262 g/mol. The van der Waals surface area contributed by atoms with Crippen LogP contribution in [0.25, 0.3) is 6.08 Å². The Kier molecular flexibility index (Phi) is 4.39. The first-order valence-corrected chi connectivity index (χ1v) is 7.87. The van der Waals surface area contributed by atoms with Crippen molar-refractivity contribution in [2.24, 2.45) is 5.92 Å². The number of rotatable bonds is 6. The third-order valence-electron chi connectivity index (χ3n) is 3.28. The maximum Gasteiger partial charge on any atom is 0.236 e. The zero-order chi connectivity index (χ0) is 13.9.